The van der Waals surface area contributed by atoms with Crippen LogP contribution in [0.3, 0.4) is 0 Å². The molecule has 7 heteroatoms. The zero-order chi connectivity index (χ0) is 16.4. The van der Waals surface area contributed by atoms with Crippen molar-refractivity contribution in [2.75, 3.05) is 12.0 Å². The summed E-state index contributed by atoms with van der Waals surface area (Å²) in [4.78, 5) is 4.46. The molecular weight excluding hydrogens is 302 g/mol. The minimum Gasteiger partial charge on any atom is -0.363 e. The van der Waals surface area contributed by atoms with Gasteiger partial charge in [-0.05, 0) is 32.0 Å². The Hall–Kier alpha value is -2.54. The Labute approximate surface area is 131 Å². The molecule has 0 fully saturated rings. The first-order valence-corrected chi connectivity index (χ1v) is 7.11. The lowest BCUT2D eigenvalue weighted by Crippen LogP contribution is -2.07. The van der Waals surface area contributed by atoms with Gasteiger partial charge < -0.3 is 10.1 Å². The monoisotopic (exact) mass is 318 g/mol. The Morgan fingerprint density at radius 1 is 1.13 bits per heavy atom. The van der Waals surface area contributed by atoms with Gasteiger partial charge in [-0.1, -0.05) is 0 Å². The van der Waals surface area contributed by atoms with Crippen molar-refractivity contribution in [2.45, 2.75) is 20.5 Å². The van der Waals surface area contributed by atoms with E-state index >= 15 is 0 Å². The molecule has 0 aliphatic rings. The number of aryl methyl sites for hydroxylation is 2. The van der Waals surface area contributed by atoms with Crippen LogP contribution in [0.1, 0.15) is 17.0 Å². The highest BCUT2D eigenvalue weighted by Crippen LogP contribution is 2.14. The van der Waals surface area contributed by atoms with Gasteiger partial charge >= 0.3 is 0 Å². The van der Waals surface area contributed by atoms with Gasteiger partial charge in [-0.2, -0.15) is 5.10 Å². The number of rotatable bonds is 5. The second-order valence-electron chi connectivity index (χ2n) is 5.27. The van der Waals surface area contributed by atoms with E-state index in [2.05, 4.69) is 15.4 Å². The first-order valence-electron chi connectivity index (χ1n) is 7.11. The second-order valence-corrected chi connectivity index (χ2v) is 5.27. The van der Waals surface area contributed by atoms with Gasteiger partial charge in [0.05, 0.1) is 12.8 Å². The Morgan fingerprint density at radius 2 is 1.87 bits per heavy atom. The molecule has 0 bridgehead atoms. The van der Waals surface area contributed by atoms with Crippen LogP contribution in [0.25, 0.3) is 5.65 Å². The number of aromatic nitrogens is 3. The third-order valence-electron chi connectivity index (χ3n) is 3.35. The van der Waals surface area contributed by atoms with Crippen LogP contribution in [-0.4, -0.2) is 21.3 Å². The summed E-state index contributed by atoms with van der Waals surface area (Å²) in [5.74, 6) is -1.27. The van der Waals surface area contributed by atoms with E-state index in [4.69, 9.17) is 4.74 Å². The fraction of sp³-hybridized carbons (Fsp3) is 0.250. The van der Waals surface area contributed by atoms with Crippen molar-refractivity contribution in [2.24, 2.45) is 0 Å². The molecule has 0 aliphatic heterocycles. The highest BCUT2D eigenvalue weighted by atomic mass is 19.1. The summed E-state index contributed by atoms with van der Waals surface area (Å²) in [6.07, 6.45) is 1.70. The highest BCUT2D eigenvalue weighted by molar-refractivity contribution is 5.47. The number of anilines is 1. The Bertz CT molecular complexity index is 827. The third-order valence-corrected chi connectivity index (χ3v) is 3.35. The van der Waals surface area contributed by atoms with Crippen molar-refractivity contribution >= 4 is 11.3 Å². The zero-order valence-electron chi connectivity index (χ0n) is 12.8. The summed E-state index contributed by atoms with van der Waals surface area (Å²) in [5, 5.41) is 7.08. The maximum atomic E-state index is 13.1. The van der Waals surface area contributed by atoms with Crippen LogP contribution in [0.5, 0.6) is 0 Å². The molecule has 1 aromatic carbocycles. The van der Waals surface area contributed by atoms with E-state index in [1.165, 1.54) is 12.1 Å². The van der Waals surface area contributed by atoms with E-state index in [1.54, 1.807) is 10.7 Å². The average Bonchev–Trinajstić information content (AvgIpc) is 2.86. The predicted octanol–water partition coefficient (Wildman–Crippen LogP) is 3.21. The molecular formula is C16H16F2N4O. The van der Waals surface area contributed by atoms with Crippen molar-refractivity contribution in [1.82, 2.24) is 14.6 Å². The lowest BCUT2D eigenvalue weighted by atomic mass is 10.3. The van der Waals surface area contributed by atoms with E-state index < -0.39 is 11.6 Å². The molecule has 2 aromatic heterocycles. The van der Waals surface area contributed by atoms with Gasteiger partial charge in [0, 0.05) is 28.7 Å². The molecule has 0 spiro atoms. The van der Waals surface area contributed by atoms with E-state index in [1.807, 2.05) is 19.9 Å². The third kappa shape index (κ3) is 3.45. The largest absolute Gasteiger partial charge is 0.363 e. The van der Waals surface area contributed by atoms with E-state index in [9.17, 15) is 8.78 Å². The molecule has 0 radical (unpaired) electrons. The molecule has 0 aliphatic carbocycles. The van der Waals surface area contributed by atoms with Crippen molar-refractivity contribution in [3.8, 4) is 0 Å². The molecule has 23 heavy (non-hydrogen) atoms. The Morgan fingerprint density at radius 3 is 2.61 bits per heavy atom. The standard InChI is InChI=1S/C16H16F2N4O/c1-10-3-11(2)22-16(21-10)12(7-20-22)8-23-9-19-15-5-13(17)4-14(18)6-15/h3-7,19H,8-9H2,1-2H3. The van der Waals surface area contributed by atoms with Crippen LogP contribution in [0.15, 0.2) is 30.5 Å². The topological polar surface area (TPSA) is 51.5 Å². The second kappa shape index (κ2) is 6.29. The quantitative estimate of drug-likeness (QED) is 0.580. The Balaban J connectivity index is 1.63. The molecule has 0 amide bonds. The number of ether oxygens (including phenoxy) is 1. The molecule has 3 aromatic rings. The number of nitrogens with one attached hydrogen (secondary N) is 1. The lowest BCUT2D eigenvalue weighted by molar-refractivity contribution is 0.139. The van der Waals surface area contributed by atoms with Gasteiger partial charge in [-0.25, -0.2) is 18.3 Å². The maximum Gasteiger partial charge on any atom is 0.160 e. The molecule has 0 saturated carbocycles. The zero-order valence-corrected chi connectivity index (χ0v) is 12.8. The van der Waals surface area contributed by atoms with E-state index in [0.29, 0.717) is 12.3 Å². The smallest absolute Gasteiger partial charge is 0.160 e. The summed E-state index contributed by atoms with van der Waals surface area (Å²) >= 11 is 0. The number of hydrogen-bond donors (Lipinski definition) is 1. The van der Waals surface area contributed by atoms with Crippen LogP contribution in [0.2, 0.25) is 0 Å². The minimum atomic E-state index is -0.634. The summed E-state index contributed by atoms with van der Waals surface area (Å²) in [5.41, 5.74) is 3.83. The van der Waals surface area contributed by atoms with Crippen LogP contribution in [0, 0.1) is 25.5 Å². The van der Waals surface area contributed by atoms with Crippen LogP contribution in [0.4, 0.5) is 14.5 Å². The van der Waals surface area contributed by atoms with Gasteiger partial charge in [0.25, 0.3) is 0 Å². The van der Waals surface area contributed by atoms with Crippen molar-refractivity contribution in [3.63, 3.8) is 0 Å². The molecule has 1 N–H and O–H groups in total. The van der Waals surface area contributed by atoms with Gasteiger partial charge in [0.15, 0.2) is 5.65 Å². The molecule has 3 rings (SSSR count). The summed E-state index contributed by atoms with van der Waals surface area (Å²) in [7, 11) is 0. The van der Waals surface area contributed by atoms with Crippen LogP contribution in [-0.2, 0) is 11.3 Å². The minimum absolute atomic E-state index is 0.116. The SMILES string of the molecule is Cc1cc(C)n2ncc(COCNc3cc(F)cc(F)c3)c2n1. The summed E-state index contributed by atoms with van der Waals surface area (Å²) in [6.45, 7) is 4.29. The molecule has 5 nitrogen and oxygen atoms in total. The fourth-order valence-electron chi connectivity index (χ4n) is 2.37. The van der Waals surface area contributed by atoms with E-state index in [-0.39, 0.29) is 6.73 Å². The average molecular weight is 318 g/mol. The number of nitrogens with zero attached hydrogens (tertiary/aromatic N) is 3. The fourth-order valence-corrected chi connectivity index (χ4v) is 2.37. The van der Waals surface area contributed by atoms with Gasteiger partial charge in [0.1, 0.15) is 18.4 Å². The Kier molecular flexibility index (Phi) is 4.20. The van der Waals surface area contributed by atoms with Gasteiger partial charge in [-0.3, -0.25) is 0 Å². The first-order chi connectivity index (χ1) is 11.0. The number of halogens is 2. The van der Waals surface area contributed by atoms with E-state index in [0.717, 1.165) is 28.7 Å². The van der Waals surface area contributed by atoms with Crippen molar-refractivity contribution in [1.29, 1.82) is 0 Å². The first kappa shape index (κ1) is 15.4. The molecule has 2 heterocycles. The molecule has 0 atom stereocenters. The normalized spacial score (nSPS) is 11.1. The number of benzene rings is 1. The van der Waals surface area contributed by atoms with Crippen LogP contribution < -0.4 is 5.32 Å². The molecule has 120 valence electrons. The van der Waals surface area contributed by atoms with Crippen molar-refractivity contribution in [3.05, 3.63) is 59.0 Å². The molecule has 0 saturated heterocycles. The summed E-state index contributed by atoms with van der Waals surface area (Å²) < 4.78 is 33.4. The van der Waals surface area contributed by atoms with Crippen LogP contribution >= 0.6 is 0 Å². The molecule has 0 unspecified atom stereocenters. The maximum absolute atomic E-state index is 13.1. The number of fused-ring (bicyclic) bond motifs is 1. The number of hydrogen-bond acceptors (Lipinski definition) is 4. The summed E-state index contributed by atoms with van der Waals surface area (Å²) in [6, 6.07) is 5.18. The van der Waals surface area contributed by atoms with Gasteiger partial charge in [-0.15, -0.1) is 0 Å². The lowest BCUT2D eigenvalue weighted by Gasteiger charge is -2.08. The van der Waals surface area contributed by atoms with Gasteiger partial charge in [0.2, 0.25) is 0 Å². The highest BCUT2D eigenvalue weighted by Gasteiger charge is 2.08. The predicted molar refractivity (Wildman–Crippen MR) is 82.1 cm³/mol. The van der Waals surface area contributed by atoms with Crippen molar-refractivity contribution < 1.29 is 13.5 Å².